The summed E-state index contributed by atoms with van der Waals surface area (Å²) in [7, 11) is -2.75. The maximum atomic E-state index is 11.5. The van der Waals surface area contributed by atoms with Crippen molar-refractivity contribution >= 4 is 21.4 Å². The Morgan fingerprint density at radius 3 is 2.39 bits per heavy atom. The van der Waals surface area contributed by atoms with Gasteiger partial charge in [-0.25, -0.2) is 8.42 Å². The first-order chi connectivity index (χ1) is 8.59. The lowest BCUT2D eigenvalue weighted by Crippen LogP contribution is -2.18. The van der Waals surface area contributed by atoms with E-state index in [2.05, 4.69) is 6.92 Å². The first kappa shape index (κ1) is 16.3. The molecule has 0 saturated carbocycles. The summed E-state index contributed by atoms with van der Waals surface area (Å²) >= 11 is 6.01. The Morgan fingerprint density at radius 1 is 1.17 bits per heavy atom. The number of alkyl halides is 1. The maximum Gasteiger partial charge on any atom is 0.150 e. The second kappa shape index (κ2) is 8.42. The van der Waals surface area contributed by atoms with Crippen molar-refractivity contribution in [1.82, 2.24) is 0 Å². The predicted molar refractivity (Wildman–Crippen MR) is 79.0 cm³/mol. The summed E-state index contributed by atoms with van der Waals surface area (Å²) in [5.74, 6) is 2.11. The molecule has 0 aliphatic carbocycles. The third-order valence-electron chi connectivity index (χ3n) is 4.06. The van der Waals surface area contributed by atoms with Crippen LogP contribution in [-0.2, 0) is 9.84 Å². The van der Waals surface area contributed by atoms with Crippen molar-refractivity contribution in [2.24, 2.45) is 11.8 Å². The zero-order valence-electron chi connectivity index (χ0n) is 11.5. The second-order valence-corrected chi connectivity index (χ2v) is 8.17. The van der Waals surface area contributed by atoms with Crippen molar-refractivity contribution in [2.75, 3.05) is 17.4 Å². The van der Waals surface area contributed by atoms with Gasteiger partial charge in [0.05, 0.1) is 11.5 Å². The minimum Gasteiger partial charge on any atom is -0.229 e. The van der Waals surface area contributed by atoms with Crippen molar-refractivity contribution < 1.29 is 8.42 Å². The molecule has 0 spiro atoms. The first-order valence-corrected chi connectivity index (χ1v) is 9.71. The molecule has 0 aromatic rings. The van der Waals surface area contributed by atoms with E-state index in [9.17, 15) is 8.42 Å². The Labute approximate surface area is 117 Å². The molecule has 1 aliphatic rings. The average molecular weight is 295 g/mol. The molecular weight excluding hydrogens is 268 g/mol. The Hall–Kier alpha value is 0.240. The predicted octanol–water partition coefficient (Wildman–Crippen LogP) is 4.03. The monoisotopic (exact) mass is 294 g/mol. The van der Waals surface area contributed by atoms with Gasteiger partial charge in [-0.3, -0.25) is 0 Å². The van der Waals surface area contributed by atoms with E-state index >= 15 is 0 Å². The van der Waals surface area contributed by atoms with Crippen LogP contribution < -0.4 is 0 Å². The largest absolute Gasteiger partial charge is 0.229 e. The van der Waals surface area contributed by atoms with Crippen LogP contribution in [-0.4, -0.2) is 25.8 Å². The average Bonchev–Trinajstić information content (AvgIpc) is 2.69. The Bertz CT molecular complexity index is 314. The van der Waals surface area contributed by atoms with Gasteiger partial charge in [0.15, 0.2) is 9.84 Å². The molecular formula is C14H27ClO2S. The van der Waals surface area contributed by atoms with E-state index in [-0.39, 0.29) is 0 Å². The molecule has 0 N–H and O–H groups in total. The zero-order valence-corrected chi connectivity index (χ0v) is 13.1. The van der Waals surface area contributed by atoms with Crippen LogP contribution in [0.2, 0.25) is 0 Å². The van der Waals surface area contributed by atoms with Gasteiger partial charge < -0.3 is 0 Å². The molecule has 2 nitrogen and oxygen atoms in total. The van der Waals surface area contributed by atoms with E-state index in [4.69, 9.17) is 11.6 Å². The molecule has 108 valence electrons. The summed E-state index contributed by atoms with van der Waals surface area (Å²) in [6.07, 6.45) is 9.67. The third-order valence-corrected chi connectivity index (χ3v) is 6.25. The van der Waals surface area contributed by atoms with Gasteiger partial charge in [0.1, 0.15) is 0 Å². The van der Waals surface area contributed by atoms with E-state index in [1.807, 2.05) is 0 Å². The molecule has 1 saturated heterocycles. The molecule has 2 unspecified atom stereocenters. The van der Waals surface area contributed by atoms with Gasteiger partial charge in [-0.15, -0.1) is 11.6 Å². The standard InChI is InChI=1S/C14H27ClO2S/c1-2-3-4-5-6-7-8-13(11-15)14-9-10-18(16,17)12-14/h13-14H,2-12H2,1H3. The normalized spacial score (nSPS) is 24.2. The van der Waals surface area contributed by atoms with Gasteiger partial charge in [-0.1, -0.05) is 45.4 Å². The van der Waals surface area contributed by atoms with Crippen molar-refractivity contribution in [1.29, 1.82) is 0 Å². The number of halogens is 1. The molecule has 1 fully saturated rings. The fraction of sp³-hybridized carbons (Fsp3) is 1.00. The number of hydrogen-bond donors (Lipinski definition) is 0. The highest BCUT2D eigenvalue weighted by Crippen LogP contribution is 2.30. The summed E-state index contributed by atoms with van der Waals surface area (Å²) in [5, 5.41) is 0. The van der Waals surface area contributed by atoms with Crippen molar-refractivity contribution in [3.63, 3.8) is 0 Å². The smallest absolute Gasteiger partial charge is 0.150 e. The van der Waals surface area contributed by atoms with Gasteiger partial charge >= 0.3 is 0 Å². The van der Waals surface area contributed by atoms with Crippen LogP contribution in [0.5, 0.6) is 0 Å². The fourth-order valence-corrected chi connectivity index (χ4v) is 5.15. The molecule has 1 rings (SSSR count). The highest BCUT2D eigenvalue weighted by atomic mass is 35.5. The second-order valence-electron chi connectivity index (χ2n) is 5.63. The molecule has 1 aliphatic heterocycles. The van der Waals surface area contributed by atoms with Gasteiger partial charge in [-0.2, -0.15) is 0 Å². The van der Waals surface area contributed by atoms with Crippen molar-refractivity contribution in [3.05, 3.63) is 0 Å². The molecule has 0 amide bonds. The number of sulfone groups is 1. The highest BCUT2D eigenvalue weighted by molar-refractivity contribution is 7.91. The molecule has 2 atom stereocenters. The van der Waals surface area contributed by atoms with Crippen LogP contribution in [0.3, 0.4) is 0 Å². The molecule has 1 heterocycles. The van der Waals surface area contributed by atoms with E-state index in [1.165, 1.54) is 38.5 Å². The van der Waals surface area contributed by atoms with Crippen LogP contribution >= 0.6 is 11.6 Å². The van der Waals surface area contributed by atoms with E-state index in [0.29, 0.717) is 29.2 Å². The summed E-state index contributed by atoms with van der Waals surface area (Å²) in [6.45, 7) is 2.23. The Balaban J connectivity index is 2.18. The van der Waals surface area contributed by atoms with Gasteiger partial charge in [0, 0.05) is 5.88 Å². The summed E-state index contributed by atoms with van der Waals surface area (Å²) in [4.78, 5) is 0. The van der Waals surface area contributed by atoms with Crippen LogP contribution in [0.15, 0.2) is 0 Å². The van der Waals surface area contributed by atoms with Crippen LogP contribution in [0.4, 0.5) is 0 Å². The zero-order chi connectivity index (χ0) is 13.4. The SMILES string of the molecule is CCCCCCCCC(CCl)C1CCS(=O)(=O)C1. The van der Waals surface area contributed by atoms with Crippen LogP contribution in [0.25, 0.3) is 0 Å². The van der Waals surface area contributed by atoms with Gasteiger partial charge in [0.2, 0.25) is 0 Å². The van der Waals surface area contributed by atoms with Crippen molar-refractivity contribution in [2.45, 2.75) is 58.3 Å². The fourth-order valence-electron chi connectivity index (χ4n) is 2.82. The van der Waals surface area contributed by atoms with E-state index < -0.39 is 9.84 Å². The summed E-state index contributed by atoms with van der Waals surface area (Å²) in [5.41, 5.74) is 0. The molecule has 0 bridgehead atoms. The van der Waals surface area contributed by atoms with E-state index in [1.54, 1.807) is 0 Å². The number of unbranched alkanes of at least 4 members (excludes halogenated alkanes) is 5. The first-order valence-electron chi connectivity index (χ1n) is 7.35. The lowest BCUT2D eigenvalue weighted by Gasteiger charge is -2.19. The van der Waals surface area contributed by atoms with Crippen molar-refractivity contribution in [3.8, 4) is 0 Å². The summed E-state index contributed by atoms with van der Waals surface area (Å²) < 4.78 is 22.9. The quantitative estimate of drug-likeness (QED) is 0.475. The minimum atomic E-state index is -2.75. The highest BCUT2D eigenvalue weighted by Gasteiger charge is 2.32. The number of rotatable bonds is 9. The topological polar surface area (TPSA) is 34.1 Å². The maximum absolute atomic E-state index is 11.5. The van der Waals surface area contributed by atoms with Crippen LogP contribution in [0.1, 0.15) is 58.3 Å². The number of hydrogen-bond acceptors (Lipinski definition) is 2. The summed E-state index contributed by atoms with van der Waals surface area (Å²) in [6, 6.07) is 0. The molecule has 0 radical (unpaired) electrons. The van der Waals surface area contributed by atoms with E-state index in [0.717, 1.165) is 12.8 Å². The van der Waals surface area contributed by atoms with Crippen LogP contribution in [0, 0.1) is 11.8 Å². The van der Waals surface area contributed by atoms with Gasteiger partial charge in [0.25, 0.3) is 0 Å². The minimum absolute atomic E-state index is 0.322. The third kappa shape index (κ3) is 5.92. The molecule has 0 aromatic heterocycles. The Kier molecular flexibility index (Phi) is 7.62. The molecule has 4 heteroatoms. The molecule has 18 heavy (non-hydrogen) atoms. The molecule has 0 aromatic carbocycles. The van der Waals surface area contributed by atoms with Gasteiger partial charge in [-0.05, 0) is 24.7 Å². The Morgan fingerprint density at radius 2 is 1.83 bits per heavy atom. The lowest BCUT2D eigenvalue weighted by atomic mass is 9.88. The lowest BCUT2D eigenvalue weighted by molar-refractivity contribution is 0.361.